The number of benzene rings is 1. The number of piperidine rings is 1. The molecule has 0 bridgehead atoms. The summed E-state index contributed by atoms with van der Waals surface area (Å²) in [6.07, 6.45) is 2.42. The Labute approximate surface area is 97.0 Å². The highest BCUT2D eigenvalue weighted by Crippen LogP contribution is 2.29. The Morgan fingerprint density at radius 2 is 2.12 bits per heavy atom. The zero-order valence-electron chi connectivity index (χ0n) is 9.83. The molecule has 1 aromatic rings. The lowest BCUT2D eigenvalue weighted by Crippen LogP contribution is -2.27. The van der Waals surface area contributed by atoms with Crippen LogP contribution in [-0.2, 0) is 11.3 Å². The molecule has 1 heterocycles. The maximum Gasteiger partial charge on any atom is 0.0716 e. The third-order valence-electron chi connectivity index (χ3n) is 3.25. The summed E-state index contributed by atoms with van der Waals surface area (Å²) in [5, 5.41) is 3.39. The van der Waals surface area contributed by atoms with E-state index < -0.39 is 0 Å². The Morgan fingerprint density at radius 3 is 2.81 bits per heavy atom. The Bertz CT molecular complexity index is 346. The molecule has 0 unspecified atom stereocenters. The highest BCUT2D eigenvalue weighted by Gasteiger charge is 2.17. The molecule has 3 nitrogen and oxygen atoms in total. The van der Waals surface area contributed by atoms with Crippen molar-refractivity contribution in [3.05, 3.63) is 29.3 Å². The molecule has 16 heavy (non-hydrogen) atoms. The maximum atomic E-state index is 5.82. The highest BCUT2D eigenvalue weighted by atomic mass is 16.5. The van der Waals surface area contributed by atoms with Gasteiger partial charge in [0.2, 0.25) is 0 Å². The number of hydrogen-bond acceptors (Lipinski definition) is 3. The molecule has 2 rings (SSSR count). The van der Waals surface area contributed by atoms with Crippen LogP contribution in [0.5, 0.6) is 0 Å². The van der Waals surface area contributed by atoms with E-state index in [0.29, 0.717) is 12.5 Å². The fraction of sp³-hybridized carbons (Fsp3) is 0.538. The summed E-state index contributed by atoms with van der Waals surface area (Å²) in [6.45, 7) is 2.88. The molecule has 0 amide bonds. The molecule has 0 atom stereocenters. The number of rotatable bonds is 3. The van der Waals surface area contributed by atoms with Crippen LogP contribution in [0.25, 0.3) is 0 Å². The van der Waals surface area contributed by atoms with Crippen LogP contribution in [-0.4, -0.2) is 20.2 Å². The van der Waals surface area contributed by atoms with Crippen molar-refractivity contribution in [2.24, 2.45) is 0 Å². The molecule has 1 saturated heterocycles. The van der Waals surface area contributed by atoms with Crippen LogP contribution < -0.4 is 11.1 Å². The summed E-state index contributed by atoms with van der Waals surface area (Å²) in [4.78, 5) is 0. The van der Waals surface area contributed by atoms with Crippen molar-refractivity contribution in [3.8, 4) is 0 Å². The molecule has 0 saturated carbocycles. The van der Waals surface area contributed by atoms with Gasteiger partial charge in [0.25, 0.3) is 0 Å². The number of hydrogen-bond donors (Lipinski definition) is 2. The first kappa shape index (κ1) is 11.4. The lowest BCUT2D eigenvalue weighted by atomic mass is 9.87. The molecule has 3 heteroatoms. The van der Waals surface area contributed by atoms with Crippen LogP contribution in [0.4, 0.5) is 5.69 Å². The van der Waals surface area contributed by atoms with Gasteiger partial charge in [0.15, 0.2) is 0 Å². The molecule has 1 aromatic carbocycles. The van der Waals surface area contributed by atoms with Gasteiger partial charge >= 0.3 is 0 Å². The first-order chi connectivity index (χ1) is 7.81. The topological polar surface area (TPSA) is 47.3 Å². The van der Waals surface area contributed by atoms with Gasteiger partial charge in [-0.25, -0.2) is 0 Å². The van der Waals surface area contributed by atoms with Gasteiger partial charge in [-0.15, -0.1) is 0 Å². The summed E-state index contributed by atoms with van der Waals surface area (Å²) in [6, 6.07) is 6.21. The van der Waals surface area contributed by atoms with Gasteiger partial charge in [0, 0.05) is 12.8 Å². The SMILES string of the molecule is COCc1cc(N)ccc1C1CCNCC1. The number of anilines is 1. The van der Waals surface area contributed by atoms with Crippen LogP contribution in [0.3, 0.4) is 0 Å². The van der Waals surface area contributed by atoms with Crippen molar-refractivity contribution in [2.45, 2.75) is 25.4 Å². The van der Waals surface area contributed by atoms with Crippen molar-refractivity contribution < 1.29 is 4.74 Å². The molecular formula is C13H20N2O. The summed E-state index contributed by atoms with van der Waals surface area (Å²) >= 11 is 0. The summed E-state index contributed by atoms with van der Waals surface area (Å²) in [7, 11) is 1.73. The van der Waals surface area contributed by atoms with E-state index in [1.807, 2.05) is 12.1 Å². The molecular weight excluding hydrogens is 200 g/mol. The van der Waals surface area contributed by atoms with Gasteiger partial charge in [0.05, 0.1) is 6.61 Å². The highest BCUT2D eigenvalue weighted by molar-refractivity contribution is 5.45. The van der Waals surface area contributed by atoms with Crippen molar-refractivity contribution in [3.63, 3.8) is 0 Å². The van der Waals surface area contributed by atoms with Gasteiger partial charge in [-0.3, -0.25) is 0 Å². The number of nitrogens with two attached hydrogens (primary N) is 1. The normalized spacial score (nSPS) is 17.6. The van der Waals surface area contributed by atoms with Gasteiger partial charge in [-0.05, 0) is 55.1 Å². The zero-order valence-corrected chi connectivity index (χ0v) is 9.83. The average Bonchev–Trinajstić information content (AvgIpc) is 2.31. The van der Waals surface area contributed by atoms with Crippen molar-refractivity contribution in [2.75, 3.05) is 25.9 Å². The number of methoxy groups -OCH3 is 1. The van der Waals surface area contributed by atoms with Crippen LogP contribution >= 0.6 is 0 Å². The smallest absolute Gasteiger partial charge is 0.0716 e. The van der Waals surface area contributed by atoms with Gasteiger partial charge in [0.1, 0.15) is 0 Å². The predicted octanol–water partition coefficient (Wildman–Crippen LogP) is 1.88. The first-order valence-corrected chi connectivity index (χ1v) is 5.89. The van der Waals surface area contributed by atoms with Crippen molar-refractivity contribution in [1.29, 1.82) is 0 Å². The molecule has 3 N–H and O–H groups in total. The summed E-state index contributed by atoms with van der Waals surface area (Å²) in [5.41, 5.74) is 9.30. The van der Waals surface area contributed by atoms with E-state index in [9.17, 15) is 0 Å². The fourth-order valence-electron chi connectivity index (χ4n) is 2.44. The quantitative estimate of drug-likeness (QED) is 0.765. The summed E-state index contributed by atoms with van der Waals surface area (Å²) < 4.78 is 5.24. The maximum absolute atomic E-state index is 5.82. The minimum atomic E-state index is 0.657. The third-order valence-corrected chi connectivity index (χ3v) is 3.25. The van der Waals surface area contributed by atoms with Crippen LogP contribution in [0.15, 0.2) is 18.2 Å². The van der Waals surface area contributed by atoms with Gasteiger partial charge in [-0.1, -0.05) is 6.07 Å². The molecule has 0 aliphatic carbocycles. The van der Waals surface area contributed by atoms with E-state index in [4.69, 9.17) is 10.5 Å². The fourth-order valence-corrected chi connectivity index (χ4v) is 2.44. The Hall–Kier alpha value is -1.06. The number of ether oxygens (including phenoxy) is 1. The lowest BCUT2D eigenvalue weighted by Gasteiger charge is -2.25. The Balaban J connectivity index is 2.23. The standard InChI is InChI=1S/C13H20N2O/c1-16-9-11-8-12(14)2-3-13(11)10-4-6-15-7-5-10/h2-3,8,10,15H,4-7,9,14H2,1H3. The van der Waals surface area contributed by atoms with Crippen LogP contribution in [0.1, 0.15) is 29.9 Å². The van der Waals surface area contributed by atoms with E-state index in [2.05, 4.69) is 11.4 Å². The largest absolute Gasteiger partial charge is 0.399 e. The molecule has 0 spiro atoms. The Kier molecular flexibility index (Phi) is 3.80. The van der Waals surface area contributed by atoms with E-state index in [0.717, 1.165) is 18.8 Å². The van der Waals surface area contributed by atoms with Gasteiger partial charge in [-0.2, -0.15) is 0 Å². The monoisotopic (exact) mass is 220 g/mol. The van der Waals surface area contributed by atoms with Crippen molar-refractivity contribution >= 4 is 5.69 Å². The lowest BCUT2D eigenvalue weighted by molar-refractivity contribution is 0.183. The molecule has 1 aliphatic rings. The number of nitrogen functional groups attached to an aromatic ring is 1. The van der Waals surface area contributed by atoms with Crippen LogP contribution in [0, 0.1) is 0 Å². The third kappa shape index (κ3) is 2.54. The second-order valence-electron chi connectivity index (χ2n) is 4.42. The molecule has 88 valence electrons. The molecule has 1 fully saturated rings. The minimum Gasteiger partial charge on any atom is -0.399 e. The van der Waals surface area contributed by atoms with E-state index in [-0.39, 0.29) is 0 Å². The predicted molar refractivity (Wildman–Crippen MR) is 66.4 cm³/mol. The van der Waals surface area contributed by atoms with E-state index >= 15 is 0 Å². The average molecular weight is 220 g/mol. The van der Waals surface area contributed by atoms with Crippen LogP contribution in [0.2, 0.25) is 0 Å². The minimum absolute atomic E-state index is 0.657. The second-order valence-corrected chi connectivity index (χ2v) is 4.42. The van der Waals surface area contributed by atoms with E-state index in [1.165, 1.54) is 24.0 Å². The zero-order chi connectivity index (χ0) is 11.4. The first-order valence-electron chi connectivity index (χ1n) is 5.89. The molecule has 1 aliphatic heterocycles. The number of nitrogens with one attached hydrogen (secondary N) is 1. The summed E-state index contributed by atoms with van der Waals surface area (Å²) in [5.74, 6) is 0.659. The Morgan fingerprint density at radius 1 is 1.38 bits per heavy atom. The second kappa shape index (κ2) is 5.32. The molecule has 0 aromatic heterocycles. The molecule has 0 radical (unpaired) electrons. The van der Waals surface area contributed by atoms with Gasteiger partial charge < -0.3 is 15.8 Å². The van der Waals surface area contributed by atoms with Crippen molar-refractivity contribution in [1.82, 2.24) is 5.32 Å². The van der Waals surface area contributed by atoms with E-state index in [1.54, 1.807) is 7.11 Å².